The van der Waals surface area contributed by atoms with Gasteiger partial charge in [-0.15, -0.1) is 0 Å². The Kier molecular flexibility index (Phi) is 78.1. The largest absolute Gasteiger partial charge is 0.907 e. The van der Waals surface area contributed by atoms with Crippen molar-refractivity contribution in [3.63, 3.8) is 0 Å². The summed E-state index contributed by atoms with van der Waals surface area (Å²) in [5, 5.41) is 25.2. The Morgan fingerprint density at radius 2 is 0.312 bits per heavy atom. The molecule has 0 aromatic heterocycles. The van der Waals surface area contributed by atoms with Crippen LogP contribution < -0.4 is 15.1 Å². The zero-order valence-electron chi connectivity index (χ0n) is 75.5. The maximum atomic E-state index is 8.42. The molecule has 15 nitrogen and oxygen atoms in total. The number of quaternary nitrogens is 3. The lowest BCUT2D eigenvalue weighted by Gasteiger charge is -2.37. The minimum Gasteiger partial charge on any atom is -0.907 e. The van der Waals surface area contributed by atoms with Gasteiger partial charge in [0, 0.05) is 98.0 Å². The van der Waals surface area contributed by atoms with Crippen molar-refractivity contribution >= 4 is 33.7 Å². The molecule has 0 aliphatic carbocycles. The number of nitrogens with zero attached hydrogens (tertiary/aromatic N) is 3. The van der Waals surface area contributed by atoms with Crippen LogP contribution in [0.3, 0.4) is 0 Å². The molecule has 0 aromatic rings. The van der Waals surface area contributed by atoms with Crippen molar-refractivity contribution in [1.82, 2.24) is 0 Å². The number of likely N-dealkylation sites (tertiary alicyclic amines) is 3. The van der Waals surface area contributed by atoms with Gasteiger partial charge in [-0.2, -0.15) is 0 Å². The summed E-state index contributed by atoms with van der Waals surface area (Å²) in [6, 6.07) is 2.92. The van der Waals surface area contributed by atoms with Crippen LogP contribution in [0.15, 0.2) is 0 Å². The molecule has 3 heterocycles. The average Bonchev–Trinajstić information content (AvgIpc) is 1.76. The third-order valence-electron chi connectivity index (χ3n) is 24.0. The lowest BCUT2D eigenvalue weighted by molar-refractivity contribution is -0.915. The number of unbranched alkanes of at least 4 members (excludes halogenated alkanes) is 45. The number of hydrogen-bond acceptors (Lipinski definition) is 12. The highest BCUT2D eigenvalue weighted by atomic mass is 28.4. The molecule has 0 atom stereocenters. The van der Waals surface area contributed by atoms with Crippen LogP contribution >= 0.6 is 0 Å². The summed E-state index contributed by atoms with van der Waals surface area (Å²) in [6.45, 7) is 47.3. The van der Waals surface area contributed by atoms with Crippen LogP contribution in [0, 0.1) is 0 Å². The van der Waals surface area contributed by atoms with Crippen LogP contribution in [0.25, 0.3) is 0 Å². The minimum atomic E-state index is -2.92. The molecule has 0 bridgehead atoms. The van der Waals surface area contributed by atoms with Gasteiger partial charge < -0.3 is 68.4 Å². The normalized spacial score (nSPS) is 15.4. The SMILES string of the molecule is CCCCCCCCCCCCCCCCCC[N+]1(CC[Si](OCC)(OCC)OCC)CCCC1.CCCCCCCCCCCCCCCCCC[N+]1(CC[Si](OCC)(OCC)OCC)CCCC1.CCCCCCCCCCCCCCCCCC[N+]1(CC[Si](OCC)(OCC)OCC)CCCC1.[O-]B([O-])[O-]. The highest BCUT2D eigenvalue weighted by Crippen LogP contribution is 2.31. The van der Waals surface area contributed by atoms with Crippen LogP contribution in [0.1, 0.15) is 430 Å². The van der Waals surface area contributed by atoms with E-state index < -0.39 is 33.7 Å². The van der Waals surface area contributed by atoms with Gasteiger partial charge in [0.25, 0.3) is 0 Å². The van der Waals surface area contributed by atoms with Gasteiger partial charge in [0.1, 0.15) is 0 Å². The maximum Gasteiger partial charge on any atom is 0.506 e. The fourth-order valence-corrected chi connectivity index (χ4v) is 26.1. The molecule has 0 amide bonds. The van der Waals surface area contributed by atoms with Crippen molar-refractivity contribution in [2.45, 2.75) is 448 Å². The van der Waals surface area contributed by atoms with Crippen molar-refractivity contribution < 1.29 is 68.4 Å². The Labute approximate surface area is 684 Å². The molecular formula is C90H192BN3O12Si3. The molecule has 0 unspecified atom stereocenters. The summed E-state index contributed by atoms with van der Waals surface area (Å²) in [6.07, 6.45) is 77.4. The van der Waals surface area contributed by atoms with E-state index in [4.69, 9.17) is 54.9 Å². The van der Waals surface area contributed by atoms with E-state index in [0.717, 1.165) is 18.1 Å². The molecule has 3 aliphatic rings. The molecule has 0 N–H and O–H groups in total. The van der Waals surface area contributed by atoms with Gasteiger partial charge in [0.2, 0.25) is 0 Å². The third-order valence-corrected chi connectivity index (χ3v) is 33.0. The highest BCUT2D eigenvalue weighted by Gasteiger charge is 2.47. The zero-order chi connectivity index (χ0) is 80.1. The first-order valence-corrected chi connectivity index (χ1v) is 54.3. The number of rotatable bonds is 78. The predicted octanol–water partition coefficient (Wildman–Crippen LogP) is 22.8. The predicted molar refractivity (Wildman–Crippen MR) is 468 cm³/mol. The second-order valence-electron chi connectivity index (χ2n) is 33.2. The second kappa shape index (κ2) is 78.0. The monoisotopic (exact) mass is 1600 g/mol. The molecule has 3 fully saturated rings. The molecular weight excluding hydrogens is 1410 g/mol. The van der Waals surface area contributed by atoms with Crippen molar-refractivity contribution in [2.24, 2.45) is 0 Å². The van der Waals surface area contributed by atoms with E-state index in [2.05, 4.69) is 83.1 Å². The van der Waals surface area contributed by atoms with Crippen LogP contribution in [0.5, 0.6) is 0 Å². The van der Waals surface area contributed by atoms with Crippen molar-refractivity contribution in [1.29, 1.82) is 0 Å². The van der Waals surface area contributed by atoms with Crippen LogP contribution in [-0.2, 0) is 39.8 Å². The first-order valence-electron chi connectivity index (χ1n) is 48.5. The topological polar surface area (TPSA) is 152 Å². The van der Waals surface area contributed by atoms with E-state index in [1.807, 2.05) is 0 Å². The van der Waals surface area contributed by atoms with Gasteiger partial charge in [-0.3, -0.25) is 7.32 Å². The number of hydrogen-bond donors (Lipinski definition) is 0. The average molecular weight is 1600 g/mol. The Morgan fingerprint density at radius 3 is 0.431 bits per heavy atom. The molecule has 0 radical (unpaired) electrons. The second-order valence-corrected chi connectivity index (χ2v) is 41.4. The van der Waals surface area contributed by atoms with E-state index in [1.165, 1.54) is 439 Å². The molecule has 0 saturated carbocycles. The van der Waals surface area contributed by atoms with E-state index in [-0.39, 0.29) is 0 Å². The lowest BCUT2D eigenvalue weighted by atomic mass is 10.0. The molecule has 3 aliphatic heterocycles. The molecule has 19 heteroatoms. The van der Waals surface area contributed by atoms with E-state index in [1.54, 1.807) is 0 Å². The molecule has 0 aromatic carbocycles. The summed E-state index contributed by atoms with van der Waals surface area (Å²) < 4.78 is 59.0. The fourth-order valence-electron chi connectivity index (χ4n) is 17.8. The lowest BCUT2D eigenvalue weighted by Crippen LogP contribution is -2.56. The Balaban J connectivity index is 0.00000156. The van der Waals surface area contributed by atoms with Crippen molar-refractivity contribution in [2.75, 3.05) is 138 Å². The molecule has 3 rings (SSSR count). The summed E-state index contributed by atoms with van der Waals surface area (Å²) >= 11 is 0. The molecule has 3 saturated heterocycles. The van der Waals surface area contributed by atoms with E-state index in [9.17, 15) is 0 Å². The minimum absolute atomic E-state index is 0.686. The van der Waals surface area contributed by atoms with Gasteiger partial charge in [-0.25, -0.2) is 0 Å². The molecule has 109 heavy (non-hydrogen) atoms. The van der Waals surface area contributed by atoms with Gasteiger partial charge in [-0.05, 0) is 101 Å². The van der Waals surface area contributed by atoms with Gasteiger partial charge in [-0.1, -0.05) is 290 Å². The molecule has 654 valence electrons. The smallest absolute Gasteiger partial charge is 0.506 e. The van der Waals surface area contributed by atoms with Crippen molar-refractivity contribution in [3.05, 3.63) is 0 Å². The first kappa shape index (κ1) is 109. The first-order chi connectivity index (χ1) is 53.2. The summed E-state index contributed by atoms with van der Waals surface area (Å²) in [5.41, 5.74) is 0. The van der Waals surface area contributed by atoms with Gasteiger partial charge in [0.15, 0.2) is 0 Å². The summed E-state index contributed by atoms with van der Waals surface area (Å²) in [5.74, 6) is 0. The maximum absolute atomic E-state index is 8.42. The van der Waals surface area contributed by atoms with Gasteiger partial charge >= 0.3 is 26.4 Å². The zero-order valence-corrected chi connectivity index (χ0v) is 78.5. The van der Waals surface area contributed by atoms with Crippen LogP contribution in [0.2, 0.25) is 18.1 Å². The van der Waals surface area contributed by atoms with Crippen LogP contribution in [0.4, 0.5) is 0 Å². The Hall–Kier alpha value is 0.116. The summed E-state index contributed by atoms with van der Waals surface area (Å²) in [4.78, 5) is 0. The van der Waals surface area contributed by atoms with E-state index >= 15 is 0 Å². The van der Waals surface area contributed by atoms with Crippen molar-refractivity contribution in [3.8, 4) is 0 Å². The van der Waals surface area contributed by atoms with Crippen LogP contribution in [-0.4, -0.2) is 185 Å². The molecule has 0 spiro atoms. The standard InChI is InChI=1S/3C30H64NO3Si.BO3/c3*1-5-9-10-11-12-13-14-15-16-17-18-19-20-21-22-23-26-31(27-24-25-28-31)29-30-35(32-6-2,33-7-3)34-8-4;2-1(3)4/h3*5-30H2,1-4H3;/q3*+1;-3. The van der Waals surface area contributed by atoms with Gasteiger partial charge in [0.05, 0.1) is 96.7 Å². The fraction of sp³-hybridized carbons (Fsp3) is 1.00. The third kappa shape index (κ3) is 61.1. The highest BCUT2D eigenvalue weighted by molar-refractivity contribution is 6.61. The summed E-state index contributed by atoms with van der Waals surface area (Å²) in [7, 11) is -10.5. The Morgan fingerprint density at radius 1 is 0.193 bits per heavy atom. The quantitative estimate of drug-likeness (QED) is 0.0324. The van der Waals surface area contributed by atoms with E-state index in [0.29, 0.717) is 59.5 Å². The Bertz CT molecular complexity index is 1580.